The summed E-state index contributed by atoms with van der Waals surface area (Å²) in [5.74, 6) is 2.18. The summed E-state index contributed by atoms with van der Waals surface area (Å²) in [6, 6.07) is 10.5. The zero-order chi connectivity index (χ0) is 15.5. The number of anilines is 1. The first-order chi connectivity index (χ1) is 10.7. The van der Waals surface area contributed by atoms with Crippen LogP contribution in [-0.2, 0) is 0 Å². The third kappa shape index (κ3) is 3.20. The Kier molecular flexibility index (Phi) is 4.24. The number of benzene rings is 1. The standard InChI is InChI=1S/C17H22N4O/c1-11(12-4-3-5-15(8-12)22-2)21-17-9-16(19-10-20-17)13-6-14(18)7-13/h3-5,8-11,13-14H,6-7,18H2,1-2H3,(H,19,20,21)/t11-,13?,14?/m1/s1. The van der Waals surface area contributed by atoms with Crippen molar-refractivity contribution in [3.63, 3.8) is 0 Å². The summed E-state index contributed by atoms with van der Waals surface area (Å²) < 4.78 is 5.27. The monoisotopic (exact) mass is 298 g/mol. The van der Waals surface area contributed by atoms with Crippen LogP contribution in [-0.4, -0.2) is 23.1 Å². The number of methoxy groups -OCH3 is 1. The molecule has 2 aromatic rings. The van der Waals surface area contributed by atoms with Crippen molar-refractivity contribution in [1.82, 2.24) is 9.97 Å². The van der Waals surface area contributed by atoms with Crippen molar-refractivity contribution in [2.75, 3.05) is 12.4 Å². The summed E-state index contributed by atoms with van der Waals surface area (Å²) in [6.45, 7) is 2.11. The highest BCUT2D eigenvalue weighted by molar-refractivity contribution is 5.41. The van der Waals surface area contributed by atoms with E-state index in [-0.39, 0.29) is 6.04 Å². The number of nitrogens with one attached hydrogen (secondary N) is 1. The van der Waals surface area contributed by atoms with E-state index in [9.17, 15) is 0 Å². The molecule has 1 aliphatic carbocycles. The van der Waals surface area contributed by atoms with Gasteiger partial charge in [0.15, 0.2) is 0 Å². The van der Waals surface area contributed by atoms with Crippen LogP contribution in [0.25, 0.3) is 0 Å². The number of ether oxygens (including phenoxy) is 1. The second-order valence-corrected chi connectivity index (χ2v) is 5.90. The predicted molar refractivity (Wildman–Crippen MR) is 87.0 cm³/mol. The minimum absolute atomic E-state index is 0.140. The van der Waals surface area contributed by atoms with Crippen LogP contribution in [0.15, 0.2) is 36.7 Å². The Labute approximate surface area is 130 Å². The number of nitrogens with two attached hydrogens (primary N) is 1. The lowest BCUT2D eigenvalue weighted by atomic mass is 9.78. The summed E-state index contributed by atoms with van der Waals surface area (Å²) >= 11 is 0. The molecule has 0 unspecified atom stereocenters. The summed E-state index contributed by atoms with van der Waals surface area (Å²) in [5.41, 5.74) is 8.10. The van der Waals surface area contributed by atoms with Gasteiger partial charge in [-0.15, -0.1) is 0 Å². The third-order valence-corrected chi connectivity index (χ3v) is 4.24. The van der Waals surface area contributed by atoms with Gasteiger partial charge in [-0.1, -0.05) is 12.1 Å². The minimum Gasteiger partial charge on any atom is -0.497 e. The van der Waals surface area contributed by atoms with Gasteiger partial charge >= 0.3 is 0 Å². The molecule has 5 heteroatoms. The van der Waals surface area contributed by atoms with Crippen LogP contribution in [0, 0.1) is 0 Å². The number of nitrogens with zero attached hydrogens (tertiary/aromatic N) is 2. The Bertz CT molecular complexity index is 640. The number of hydrogen-bond acceptors (Lipinski definition) is 5. The molecule has 3 N–H and O–H groups in total. The maximum Gasteiger partial charge on any atom is 0.130 e. The Morgan fingerprint density at radius 2 is 2.09 bits per heavy atom. The smallest absolute Gasteiger partial charge is 0.130 e. The molecule has 5 nitrogen and oxygen atoms in total. The van der Waals surface area contributed by atoms with E-state index in [0.29, 0.717) is 12.0 Å². The van der Waals surface area contributed by atoms with E-state index in [1.54, 1.807) is 13.4 Å². The Hall–Kier alpha value is -2.14. The zero-order valence-corrected chi connectivity index (χ0v) is 13.0. The van der Waals surface area contributed by atoms with Gasteiger partial charge in [0, 0.05) is 23.7 Å². The Morgan fingerprint density at radius 3 is 2.82 bits per heavy atom. The number of rotatable bonds is 5. The zero-order valence-electron chi connectivity index (χ0n) is 13.0. The van der Waals surface area contributed by atoms with Gasteiger partial charge in [-0.3, -0.25) is 0 Å². The third-order valence-electron chi connectivity index (χ3n) is 4.24. The van der Waals surface area contributed by atoms with Gasteiger partial charge in [0.2, 0.25) is 0 Å². The molecule has 116 valence electrons. The quantitative estimate of drug-likeness (QED) is 0.888. The SMILES string of the molecule is COc1cccc([C@@H](C)Nc2cc(C3CC(N)C3)ncn2)c1. The largest absolute Gasteiger partial charge is 0.497 e. The summed E-state index contributed by atoms with van der Waals surface area (Å²) in [7, 11) is 1.68. The maximum atomic E-state index is 5.86. The molecule has 0 amide bonds. The van der Waals surface area contributed by atoms with Gasteiger partial charge in [-0.05, 0) is 37.5 Å². The van der Waals surface area contributed by atoms with Crippen LogP contribution in [0.3, 0.4) is 0 Å². The average Bonchev–Trinajstić information content (AvgIpc) is 2.52. The molecule has 3 rings (SSSR count). The Morgan fingerprint density at radius 1 is 1.27 bits per heavy atom. The predicted octanol–water partition coefficient (Wildman–Crippen LogP) is 2.86. The highest BCUT2D eigenvalue weighted by atomic mass is 16.5. The highest BCUT2D eigenvalue weighted by Gasteiger charge is 2.28. The normalized spacial score (nSPS) is 21.8. The minimum atomic E-state index is 0.140. The molecule has 0 spiro atoms. The maximum absolute atomic E-state index is 5.86. The fourth-order valence-electron chi connectivity index (χ4n) is 2.79. The first-order valence-corrected chi connectivity index (χ1v) is 7.63. The van der Waals surface area contributed by atoms with Crippen LogP contribution >= 0.6 is 0 Å². The van der Waals surface area contributed by atoms with Crippen molar-refractivity contribution in [3.05, 3.63) is 47.9 Å². The Balaban J connectivity index is 1.70. The molecular weight excluding hydrogens is 276 g/mol. The molecule has 0 radical (unpaired) electrons. The molecule has 1 atom stereocenters. The molecule has 1 aromatic heterocycles. The van der Waals surface area contributed by atoms with E-state index < -0.39 is 0 Å². The second-order valence-electron chi connectivity index (χ2n) is 5.90. The van der Waals surface area contributed by atoms with Crippen LogP contribution in [0.4, 0.5) is 5.82 Å². The van der Waals surface area contributed by atoms with Gasteiger partial charge < -0.3 is 15.8 Å². The molecule has 1 heterocycles. The topological polar surface area (TPSA) is 73.1 Å². The van der Waals surface area contributed by atoms with E-state index >= 15 is 0 Å². The molecule has 0 saturated heterocycles. The molecule has 1 aromatic carbocycles. The van der Waals surface area contributed by atoms with Gasteiger partial charge in [-0.25, -0.2) is 9.97 Å². The van der Waals surface area contributed by atoms with Crippen LogP contribution in [0.2, 0.25) is 0 Å². The van der Waals surface area contributed by atoms with Crippen molar-refractivity contribution in [1.29, 1.82) is 0 Å². The molecule has 1 aliphatic rings. The van der Waals surface area contributed by atoms with Gasteiger partial charge in [-0.2, -0.15) is 0 Å². The summed E-state index contributed by atoms with van der Waals surface area (Å²) in [5, 5.41) is 3.43. The van der Waals surface area contributed by atoms with Crippen molar-refractivity contribution >= 4 is 5.82 Å². The van der Waals surface area contributed by atoms with E-state index in [2.05, 4.69) is 28.3 Å². The number of aromatic nitrogens is 2. The first kappa shape index (κ1) is 14.8. The molecular formula is C17H22N4O. The van der Waals surface area contributed by atoms with Crippen LogP contribution < -0.4 is 15.8 Å². The summed E-state index contributed by atoms with van der Waals surface area (Å²) in [4.78, 5) is 8.70. The molecule has 22 heavy (non-hydrogen) atoms. The van der Waals surface area contributed by atoms with Crippen molar-refractivity contribution in [3.8, 4) is 5.75 Å². The molecule has 1 saturated carbocycles. The number of hydrogen-bond donors (Lipinski definition) is 2. The van der Waals surface area contributed by atoms with Gasteiger partial charge in [0.25, 0.3) is 0 Å². The fraction of sp³-hybridized carbons (Fsp3) is 0.412. The average molecular weight is 298 g/mol. The molecule has 0 aliphatic heterocycles. The van der Waals surface area contributed by atoms with Crippen LogP contribution in [0.1, 0.15) is 43.0 Å². The van der Waals surface area contributed by atoms with E-state index in [4.69, 9.17) is 10.5 Å². The van der Waals surface area contributed by atoms with Crippen molar-refractivity contribution < 1.29 is 4.74 Å². The van der Waals surface area contributed by atoms with Gasteiger partial charge in [0.05, 0.1) is 13.2 Å². The molecule has 1 fully saturated rings. The lowest BCUT2D eigenvalue weighted by Crippen LogP contribution is -2.35. The van der Waals surface area contributed by atoms with E-state index in [0.717, 1.165) is 35.7 Å². The van der Waals surface area contributed by atoms with Gasteiger partial charge in [0.1, 0.15) is 17.9 Å². The molecule has 0 bridgehead atoms. The summed E-state index contributed by atoms with van der Waals surface area (Å²) in [6.07, 6.45) is 3.66. The lowest BCUT2D eigenvalue weighted by molar-refractivity contribution is 0.345. The fourth-order valence-corrected chi connectivity index (χ4v) is 2.79. The highest BCUT2D eigenvalue weighted by Crippen LogP contribution is 2.35. The second kappa shape index (κ2) is 6.32. The van der Waals surface area contributed by atoms with Crippen LogP contribution in [0.5, 0.6) is 5.75 Å². The van der Waals surface area contributed by atoms with Crippen molar-refractivity contribution in [2.45, 2.75) is 37.8 Å². The van der Waals surface area contributed by atoms with Crippen molar-refractivity contribution in [2.24, 2.45) is 5.73 Å². The first-order valence-electron chi connectivity index (χ1n) is 7.63. The van der Waals surface area contributed by atoms with E-state index in [1.165, 1.54) is 0 Å². The van der Waals surface area contributed by atoms with E-state index in [1.807, 2.05) is 24.3 Å². The lowest BCUT2D eigenvalue weighted by Gasteiger charge is -2.32.